The second kappa shape index (κ2) is 9.59. The number of methoxy groups -OCH3 is 1. The summed E-state index contributed by atoms with van der Waals surface area (Å²) >= 11 is 12.4. The number of likely N-dealkylation sites (N-methyl/N-ethyl adjacent to an activating group) is 1. The third kappa shape index (κ3) is 5.58. The van der Waals surface area contributed by atoms with Crippen molar-refractivity contribution in [3.05, 3.63) is 33.8 Å². The second-order valence-corrected chi connectivity index (χ2v) is 5.62. The highest BCUT2D eigenvalue weighted by Gasteiger charge is 2.16. The van der Waals surface area contributed by atoms with Gasteiger partial charge in [0, 0.05) is 19.7 Å². The van der Waals surface area contributed by atoms with Crippen molar-refractivity contribution in [2.45, 2.75) is 19.4 Å². The maximum absolute atomic E-state index is 6.32. The minimum Gasteiger partial charge on any atom is -0.383 e. The van der Waals surface area contributed by atoms with Gasteiger partial charge >= 0.3 is 0 Å². The van der Waals surface area contributed by atoms with Crippen LogP contribution in [-0.4, -0.2) is 45.3 Å². The van der Waals surface area contributed by atoms with E-state index in [9.17, 15) is 0 Å². The van der Waals surface area contributed by atoms with Crippen molar-refractivity contribution in [3.63, 3.8) is 0 Å². The maximum atomic E-state index is 6.32. The maximum Gasteiger partial charge on any atom is 0.0640 e. The fourth-order valence-electron chi connectivity index (χ4n) is 2.11. The van der Waals surface area contributed by atoms with Crippen molar-refractivity contribution >= 4 is 23.2 Å². The summed E-state index contributed by atoms with van der Waals surface area (Å²) in [5.41, 5.74) is 1.07. The summed E-state index contributed by atoms with van der Waals surface area (Å²) < 4.78 is 5.09. The van der Waals surface area contributed by atoms with Gasteiger partial charge in [0.15, 0.2) is 0 Å². The fraction of sp³-hybridized carbons (Fsp3) is 0.600. The van der Waals surface area contributed by atoms with Gasteiger partial charge < -0.3 is 15.0 Å². The van der Waals surface area contributed by atoms with Crippen LogP contribution in [0.15, 0.2) is 18.2 Å². The van der Waals surface area contributed by atoms with Crippen LogP contribution < -0.4 is 5.32 Å². The molecule has 5 heteroatoms. The molecule has 20 heavy (non-hydrogen) atoms. The first-order chi connectivity index (χ1) is 9.60. The highest BCUT2D eigenvalue weighted by molar-refractivity contribution is 6.42. The van der Waals surface area contributed by atoms with Crippen LogP contribution in [0.4, 0.5) is 0 Å². The van der Waals surface area contributed by atoms with Gasteiger partial charge in [-0.2, -0.15) is 0 Å². The fourth-order valence-corrected chi connectivity index (χ4v) is 2.55. The largest absolute Gasteiger partial charge is 0.383 e. The van der Waals surface area contributed by atoms with Crippen LogP contribution in [0, 0.1) is 0 Å². The molecule has 1 unspecified atom stereocenters. The summed E-state index contributed by atoms with van der Waals surface area (Å²) in [7, 11) is 3.82. The number of ether oxygens (including phenoxy) is 1. The lowest BCUT2D eigenvalue weighted by Crippen LogP contribution is -2.29. The lowest BCUT2D eigenvalue weighted by atomic mass is 10.0. The second-order valence-electron chi connectivity index (χ2n) is 4.84. The van der Waals surface area contributed by atoms with Crippen LogP contribution in [0.5, 0.6) is 0 Å². The summed E-state index contributed by atoms with van der Waals surface area (Å²) in [6, 6.07) is 6.02. The molecule has 0 bridgehead atoms. The van der Waals surface area contributed by atoms with Gasteiger partial charge in [-0.3, -0.25) is 0 Å². The molecule has 0 fully saturated rings. The summed E-state index contributed by atoms with van der Waals surface area (Å²) in [5, 5.41) is 4.74. The van der Waals surface area contributed by atoms with Gasteiger partial charge in [0.1, 0.15) is 0 Å². The summed E-state index contributed by atoms with van der Waals surface area (Å²) in [4.78, 5) is 2.26. The highest BCUT2D eigenvalue weighted by Crippen LogP contribution is 2.31. The Labute approximate surface area is 132 Å². The average molecular weight is 319 g/mol. The monoisotopic (exact) mass is 318 g/mol. The van der Waals surface area contributed by atoms with Gasteiger partial charge in [-0.25, -0.2) is 0 Å². The number of nitrogens with zero attached hydrogens (tertiary/aromatic N) is 1. The minimum absolute atomic E-state index is 0.219. The van der Waals surface area contributed by atoms with Crippen molar-refractivity contribution in [1.29, 1.82) is 0 Å². The van der Waals surface area contributed by atoms with Gasteiger partial charge in [-0.1, -0.05) is 42.3 Å². The molecule has 1 rings (SSSR count). The van der Waals surface area contributed by atoms with Crippen molar-refractivity contribution in [2.75, 3.05) is 40.4 Å². The van der Waals surface area contributed by atoms with Crippen molar-refractivity contribution in [2.24, 2.45) is 0 Å². The molecule has 0 saturated heterocycles. The molecule has 1 N–H and O–H groups in total. The van der Waals surface area contributed by atoms with Crippen molar-refractivity contribution in [1.82, 2.24) is 10.2 Å². The topological polar surface area (TPSA) is 24.5 Å². The normalized spacial score (nSPS) is 12.9. The average Bonchev–Trinajstić information content (AvgIpc) is 2.44. The van der Waals surface area contributed by atoms with E-state index in [4.69, 9.17) is 27.9 Å². The van der Waals surface area contributed by atoms with Gasteiger partial charge in [-0.05, 0) is 38.2 Å². The Kier molecular flexibility index (Phi) is 8.50. The van der Waals surface area contributed by atoms with Crippen molar-refractivity contribution in [3.8, 4) is 0 Å². The Morgan fingerprint density at radius 3 is 2.70 bits per heavy atom. The zero-order chi connectivity index (χ0) is 15.0. The van der Waals surface area contributed by atoms with E-state index < -0.39 is 0 Å². The molecule has 0 aliphatic rings. The Balaban J connectivity index is 2.66. The van der Waals surface area contributed by atoms with E-state index in [-0.39, 0.29) is 6.04 Å². The lowest BCUT2D eigenvalue weighted by Gasteiger charge is -2.23. The molecule has 0 heterocycles. The molecule has 1 aromatic carbocycles. The summed E-state index contributed by atoms with van der Waals surface area (Å²) in [6.45, 7) is 5.65. The first kappa shape index (κ1) is 17.7. The number of nitrogens with one attached hydrogen (secondary N) is 1. The first-order valence-electron chi connectivity index (χ1n) is 6.94. The molecule has 3 nitrogen and oxygen atoms in total. The van der Waals surface area contributed by atoms with Crippen LogP contribution in [0.3, 0.4) is 0 Å². The Bertz CT molecular complexity index is 401. The molecule has 0 radical (unpaired) electrons. The van der Waals surface area contributed by atoms with E-state index in [1.807, 2.05) is 18.2 Å². The summed E-state index contributed by atoms with van der Waals surface area (Å²) in [5.74, 6) is 0. The van der Waals surface area contributed by atoms with Gasteiger partial charge in [0.2, 0.25) is 0 Å². The molecule has 0 saturated carbocycles. The van der Waals surface area contributed by atoms with E-state index in [1.165, 1.54) is 0 Å². The van der Waals surface area contributed by atoms with Crippen LogP contribution >= 0.6 is 23.2 Å². The van der Waals surface area contributed by atoms with Gasteiger partial charge in [0.05, 0.1) is 16.7 Å². The molecular weight excluding hydrogens is 295 g/mol. The van der Waals surface area contributed by atoms with E-state index >= 15 is 0 Å². The number of halogens is 2. The molecule has 1 atom stereocenters. The van der Waals surface area contributed by atoms with Gasteiger partial charge in [-0.15, -0.1) is 0 Å². The van der Waals surface area contributed by atoms with Crippen molar-refractivity contribution < 1.29 is 4.74 Å². The number of rotatable bonds is 9. The molecule has 114 valence electrons. The standard InChI is InChI=1S/C15H24Cl2N2O/c1-4-18-14(8-9-19(2)10-11-20-3)12-6-5-7-13(16)15(12)17/h5-7,14,18H,4,8-11H2,1-3H3. The molecule has 1 aromatic rings. The molecule has 0 aliphatic heterocycles. The van der Waals surface area contributed by atoms with Crippen LogP contribution in [-0.2, 0) is 4.74 Å². The Hall–Kier alpha value is -0.320. The molecule has 0 spiro atoms. The first-order valence-corrected chi connectivity index (χ1v) is 7.70. The quantitative estimate of drug-likeness (QED) is 0.752. The van der Waals surface area contributed by atoms with Crippen LogP contribution in [0.2, 0.25) is 10.0 Å². The zero-order valence-electron chi connectivity index (χ0n) is 12.5. The Morgan fingerprint density at radius 2 is 2.05 bits per heavy atom. The SMILES string of the molecule is CCNC(CCN(C)CCOC)c1cccc(Cl)c1Cl. The van der Waals surface area contributed by atoms with Crippen LogP contribution in [0.25, 0.3) is 0 Å². The molecule has 0 aromatic heterocycles. The Morgan fingerprint density at radius 1 is 1.30 bits per heavy atom. The number of hydrogen-bond donors (Lipinski definition) is 1. The molecule has 0 amide bonds. The third-order valence-electron chi connectivity index (χ3n) is 3.28. The van der Waals surface area contributed by atoms with Crippen LogP contribution in [0.1, 0.15) is 24.9 Å². The smallest absolute Gasteiger partial charge is 0.0640 e. The third-order valence-corrected chi connectivity index (χ3v) is 4.12. The zero-order valence-corrected chi connectivity index (χ0v) is 14.0. The molecular formula is C15H24Cl2N2O. The van der Waals surface area contributed by atoms with E-state index in [1.54, 1.807) is 7.11 Å². The van der Waals surface area contributed by atoms with E-state index in [2.05, 4.69) is 24.2 Å². The lowest BCUT2D eigenvalue weighted by molar-refractivity contribution is 0.159. The van der Waals surface area contributed by atoms with Gasteiger partial charge in [0.25, 0.3) is 0 Å². The highest BCUT2D eigenvalue weighted by atomic mass is 35.5. The summed E-state index contributed by atoms with van der Waals surface area (Å²) in [6.07, 6.45) is 0.980. The van der Waals surface area contributed by atoms with E-state index in [0.29, 0.717) is 10.0 Å². The predicted octanol–water partition coefficient (Wildman–Crippen LogP) is 3.61. The predicted molar refractivity (Wildman–Crippen MR) is 86.9 cm³/mol. The minimum atomic E-state index is 0.219. The number of benzene rings is 1. The molecule has 0 aliphatic carbocycles. The van der Waals surface area contributed by atoms with E-state index in [0.717, 1.165) is 38.2 Å². The number of hydrogen-bond acceptors (Lipinski definition) is 3.